The van der Waals surface area contributed by atoms with E-state index in [1.54, 1.807) is 7.11 Å². The SMILES string of the molecule is COc1c(C)cc(CNC2(c3nc(C)no3)CCOCC2)cc1C. The number of aryl methyl sites for hydroxylation is 3. The Hall–Kier alpha value is -1.92. The van der Waals surface area contributed by atoms with Crippen molar-refractivity contribution in [3.8, 4) is 5.75 Å². The van der Waals surface area contributed by atoms with Crippen molar-refractivity contribution in [2.24, 2.45) is 0 Å². The first-order valence-corrected chi connectivity index (χ1v) is 8.32. The van der Waals surface area contributed by atoms with Gasteiger partial charge in [-0.25, -0.2) is 0 Å². The van der Waals surface area contributed by atoms with Crippen LogP contribution < -0.4 is 10.1 Å². The summed E-state index contributed by atoms with van der Waals surface area (Å²) in [6, 6.07) is 4.32. The van der Waals surface area contributed by atoms with Gasteiger partial charge in [0.05, 0.1) is 7.11 Å². The summed E-state index contributed by atoms with van der Waals surface area (Å²) in [6.07, 6.45) is 1.64. The molecule has 1 N–H and O–H groups in total. The first kappa shape index (κ1) is 16.9. The normalized spacial score (nSPS) is 17.0. The van der Waals surface area contributed by atoms with Crippen LogP contribution in [0.4, 0.5) is 0 Å². The van der Waals surface area contributed by atoms with Crippen LogP contribution in [0.25, 0.3) is 0 Å². The van der Waals surface area contributed by atoms with Crippen LogP contribution in [-0.2, 0) is 16.8 Å². The third kappa shape index (κ3) is 3.30. The molecule has 0 unspecified atom stereocenters. The molecule has 0 amide bonds. The van der Waals surface area contributed by atoms with Crippen LogP contribution in [0.5, 0.6) is 5.75 Å². The van der Waals surface area contributed by atoms with Gasteiger partial charge >= 0.3 is 0 Å². The first-order chi connectivity index (χ1) is 11.5. The number of methoxy groups -OCH3 is 1. The number of hydrogen-bond donors (Lipinski definition) is 1. The quantitative estimate of drug-likeness (QED) is 0.908. The van der Waals surface area contributed by atoms with Gasteiger partial charge in [-0.1, -0.05) is 17.3 Å². The molecule has 1 aliphatic heterocycles. The van der Waals surface area contributed by atoms with Gasteiger partial charge in [0.1, 0.15) is 11.3 Å². The number of ether oxygens (including phenoxy) is 2. The van der Waals surface area contributed by atoms with Crippen molar-refractivity contribution in [3.63, 3.8) is 0 Å². The van der Waals surface area contributed by atoms with E-state index in [2.05, 4.69) is 41.4 Å². The molecule has 0 atom stereocenters. The minimum atomic E-state index is -0.318. The summed E-state index contributed by atoms with van der Waals surface area (Å²) >= 11 is 0. The summed E-state index contributed by atoms with van der Waals surface area (Å²) in [5.74, 6) is 2.27. The second kappa shape index (κ2) is 6.91. The van der Waals surface area contributed by atoms with Crippen LogP contribution in [-0.4, -0.2) is 30.5 Å². The van der Waals surface area contributed by atoms with Crippen LogP contribution in [0.15, 0.2) is 16.7 Å². The van der Waals surface area contributed by atoms with Gasteiger partial charge in [0.2, 0.25) is 5.89 Å². The number of nitrogens with one attached hydrogen (secondary N) is 1. The molecule has 0 bridgehead atoms. The molecule has 6 nitrogen and oxygen atoms in total. The van der Waals surface area contributed by atoms with Gasteiger partial charge in [-0.15, -0.1) is 0 Å². The molecule has 0 radical (unpaired) electrons. The third-order valence-corrected chi connectivity index (χ3v) is 4.64. The first-order valence-electron chi connectivity index (χ1n) is 8.32. The minimum Gasteiger partial charge on any atom is -0.496 e. The average molecular weight is 331 g/mol. The molecule has 1 aromatic carbocycles. The summed E-state index contributed by atoms with van der Waals surface area (Å²) in [6.45, 7) is 8.09. The predicted molar refractivity (Wildman–Crippen MR) is 90.1 cm³/mol. The largest absolute Gasteiger partial charge is 0.496 e. The number of hydrogen-bond acceptors (Lipinski definition) is 6. The zero-order valence-corrected chi connectivity index (χ0v) is 14.8. The Morgan fingerprint density at radius 3 is 2.38 bits per heavy atom. The summed E-state index contributed by atoms with van der Waals surface area (Å²) in [5.41, 5.74) is 3.18. The fraction of sp³-hybridized carbons (Fsp3) is 0.556. The van der Waals surface area contributed by atoms with Crippen LogP contribution in [0.3, 0.4) is 0 Å². The molecule has 2 aromatic rings. The molecule has 2 heterocycles. The van der Waals surface area contributed by atoms with Gasteiger partial charge in [0.25, 0.3) is 0 Å². The van der Waals surface area contributed by atoms with Crippen LogP contribution >= 0.6 is 0 Å². The minimum absolute atomic E-state index is 0.318. The molecule has 3 rings (SSSR count). The van der Waals surface area contributed by atoms with E-state index in [0.29, 0.717) is 24.9 Å². The van der Waals surface area contributed by atoms with E-state index in [1.807, 2.05) is 6.92 Å². The monoisotopic (exact) mass is 331 g/mol. The lowest BCUT2D eigenvalue weighted by Gasteiger charge is -2.35. The summed E-state index contributed by atoms with van der Waals surface area (Å²) in [7, 11) is 1.71. The highest BCUT2D eigenvalue weighted by atomic mass is 16.5. The molecule has 1 fully saturated rings. The highest BCUT2D eigenvalue weighted by Crippen LogP contribution is 2.32. The maximum Gasteiger partial charge on any atom is 0.247 e. The second-order valence-electron chi connectivity index (χ2n) is 6.46. The molecular formula is C18H25N3O3. The van der Waals surface area contributed by atoms with E-state index >= 15 is 0 Å². The van der Waals surface area contributed by atoms with Crippen LogP contribution in [0, 0.1) is 20.8 Å². The Bertz CT molecular complexity index is 682. The van der Waals surface area contributed by atoms with Gasteiger partial charge in [-0.2, -0.15) is 4.98 Å². The lowest BCUT2D eigenvalue weighted by Crippen LogP contribution is -2.46. The number of nitrogens with zero attached hydrogens (tertiary/aromatic N) is 2. The predicted octanol–water partition coefficient (Wildman–Crippen LogP) is 2.80. The molecule has 24 heavy (non-hydrogen) atoms. The molecule has 0 saturated carbocycles. The molecule has 0 spiro atoms. The van der Waals surface area contributed by atoms with E-state index in [0.717, 1.165) is 36.3 Å². The zero-order valence-electron chi connectivity index (χ0n) is 14.8. The lowest BCUT2D eigenvalue weighted by atomic mass is 9.89. The van der Waals surface area contributed by atoms with Crippen LogP contribution in [0.2, 0.25) is 0 Å². The molecule has 1 saturated heterocycles. The van der Waals surface area contributed by atoms with Gasteiger partial charge in [-0.05, 0) is 50.3 Å². The topological polar surface area (TPSA) is 69.4 Å². The summed E-state index contributed by atoms with van der Waals surface area (Å²) in [4.78, 5) is 4.47. The second-order valence-corrected chi connectivity index (χ2v) is 6.46. The van der Waals surface area contributed by atoms with Gasteiger partial charge in [-0.3, -0.25) is 5.32 Å². The molecule has 1 aliphatic rings. The number of benzene rings is 1. The van der Waals surface area contributed by atoms with Gasteiger partial charge in [0, 0.05) is 19.8 Å². The third-order valence-electron chi connectivity index (χ3n) is 4.64. The molecule has 6 heteroatoms. The number of rotatable bonds is 5. The fourth-order valence-corrected chi connectivity index (χ4v) is 3.41. The van der Waals surface area contributed by atoms with E-state index < -0.39 is 0 Å². The maximum atomic E-state index is 5.53. The van der Waals surface area contributed by atoms with Gasteiger partial charge in [0.15, 0.2) is 5.82 Å². The Balaban J connectivity index is 1.82. The molecular weight excluding hydrogens is 306 g/mol. The fourth-order valence-electron chi connectivity index (χ4n) is 3.41. The van der Waals surface area contributed by atoms with Crippen molar-refractivity contribution in [1.82, 2.24) is 15.5 Å². The summed E-state index contributed by atoms with van der Waals surface area (Å²) in [5, 5.41) is 7.62. The van der Waals surface area contributed by atoms with Crippen molar-refractivity contribution in [2.75, 3.05) is 20.3 Å². The molecule has 130 valence electrons. The number of aromatic nitrogens is 2. The van der Waals surface area contributed by atoms with Crippen molar-refractivity contribution in [3.05, 3.63) is 40.5 Å². The van der Waals surface area contributed by atoms with E-state index in [9.17, 15) is 0 Å². The lowest BCUT2D eigenvalue weighted by molar-refractivity contribution is 0.0218. The van der Waals surface area contributed by atoms with Gasteiger partial charge < -0.3 is 14.0 Å². The smallest absolute Gasteiger partial charge is 0.247 e. The standard InChI is InChI=1S/C18H25N3O3/c1-12-9-15(10-13(2)16(12)22-4)11-19-18(5-7-23-8-6-18)17-20-14(3)21-24-17/h9-10,19H,5-8,11H2,1-4H3. The summed E-state index contributed by atoms with van der Waals surface area (Å²) < 4.78 is 16.5. The van der Waals surface area contributed by atoms with Crippen molar-refractivity contribution in [1.29, 1.82) is 0 Å². The molecule has 0 aliphatic carbocycles. The zero-order chi connectivity index (χ0) is 17.2. The van der Waals surface area contributed by atoms with Crippen molar-refractivity contribution >= 4 is 0 Å². The highest BCUT2D eigenvalue weighted by Gasteiger charge is 2.39. The van der Waals surface area contributed by atoms with E-state index in [-0.39, 0.29) is 5.54 Å². The van der Waals surface area contributed by atoms with Crippen molar-refractivity contribution < 1.29 is 14.0 Å². The average Bonchev–Trinajstić information content (AvgIpc) is 3.01. The van der Waals surface area contributed by atoms with Crippen molar-refractivity contribution in [2.45, 2.75) is 45.7 Å². The Kier molecular flexibility index (Phi) is 4.87. The molecule has 1 aromatic heterocycles. The Morgan fingerprint density at radius 2 is 1.83 bits per heavy atom. The van der Waals surface area contributed by atoms with E-state index in [4.69, 9.17) is 14.0 Å². The Morgan fingerprint density at radius 1 is 1.17 bits per heavy atom. The van der Waals surface area contributed by atoms with E-state index in [1.165, 1.54) is 5.56 Å². The van der Waals surface area contributed by atoms with Crippen LogP contribution in [0.1, 0.15) is 41.2 Å². The Labute approximate surface area is 142 Å². The highest BCUT2D eigenvalue weighted by molar-refractivity contribution is 5.43. The maximum absolute atomic E-state index is 5.53.